The first-order chi connectivity index (χ1) is 48.6. The molecule has 0 bridgehead atoms. The summed E-state index contributed by atoms with van der Waals surface area (Å²) in [6.45, 7) is 62.2. The number of rotatable bonds is 36. The first kappa shape index (κ1) is 102. The number of alkyl halides is 1. The molecule has 600 valence electrons. The fourth-order valence-corrected chi connectivity index (χ4v) is 10.9. The normalized spacial score (nSPS) is 18.8. The Labute approximate surface area is 652 Å². The molecule has 28 nitrogen and oxygen atoms in total. The minimum Gasteiger partial charge on any atom is -0.480 e. The van der Waals surface area contributed by atoms with Gasteiger partial charge in [-0.2, -0.15) is 0 Å². The molecule has 0 aromatic heterocycles. The monoisotopic (exact) mass is 1750 g/mol. The average Bonchev–Trinajstić information content (AvgIpc) is 0.852. The predicted octanol–water partition coefficient (Wildman–Crippen LogP) is 5.40. The summed E-state index contributed by atoms with van der Waals surface area (Å²) in [6.07, 6.45) is 0.961. The van der Waals surface area contributed by atoms with Crippen LogP contribution in [-0.2, 0) is 66.5 Å². The van der Waals surface area contributed by atoms with Gasteiger partial charge in [0.15, 0.2) is 12.6 Å². The topological polar surface area (TPSA) is 301 Å². The number of carbonyl (C=O) groups excluding carboxylic acids is 4. The van der Waals surface area contributed by atoms with Crippen molar-refractivity contribution >= 4 is 54.3 Å². The maximum absolute atomic E-state index is 13.5. The van der Waals surface area contributed by atoms with Crippen molar-refractivity contribution in [2.45, 2.75) is 192 Å². The van der Waals surface area contributed by atoms with E-state index in [9.17, 15) is 24.0 Å². The maximum atomic E-state index is 13.5. The van der Waals surface area contributed by atoms with Crippen LogP contribution in [0.5, 0.6) is 0 Å². The molecule has 5 fully saturated rings. The van der Waals surface area contributed by atoms with Crippen molar-refractivity contribution in [3.05, 3.63) is 0 Å². The molecule has 0 spiro atoms. The van der Waals surface area contributed by atoms with E-state index < -0.39 is 41.4 Å². The summed E-state index contributed by atoms with van der Waals surface area (Å²) in [5.41, 5.74) is 4.14. The summed E-state index contributed by atoms with van der Waals surface area (Å²) in [5, 5.41) is 21.6. The van der Waals surface area contributed by atoms with Crippen molar-refractivity contribution < 1.29 is 112 Å². The molecular formula is C71H145BBrN11O17U. The standard InChI is InChI=1S/C22H43N3O5.C14H27N3O2.C12H26N2O3.C11H21NO4.C6H13BrO2.C6H14N2O.BH.U/c1-8-17(3)19(23-21(27)30-22(5,6)7)20(26)25(16-18(4)29-9-2)11-10-24-12-14-28-15-13-24;1-3-12(2)13-14(18)17(5-4-15-13)7-6-16-8-10-19-11-9-16;1-3-16-12(17-4-2)11-13-5-6-14-7-9-15-10-8-14;1-6-7(2)8(9(13)14)12-10(15)16-11(3,4)5;1-3-8-6(5-7)9-4-2;7-1-2-8-3-5-9-6-4-8;;/h17-19H,8-16H2,1-7H3,(H,23,27);12-13,15H,3-11H2,1-2H3;12-13H,3-11H2,1-2H3;7-8H,6H2,1-5H3,(H,12,15)(H,13,14);6H,3-5H2,1-2H3;1-7H2;1H;/t17-,18?,19-;12-,13-;;7-,8-;;;;/m00.0..../s1/i;;;;;;1T;. The molecule has 4 amide bonds. The Morgan fingerprint density at radius 3 is 1.40 bits per heavy atom. The van der Waals surface area contributed by atoms with Gasteiger partial charge in [0.05, 0.1) is 70.3 Å². The van der Waals surface area contributed by atoms with E-state index in [-0.39, 0.29) is 79.5 Å². The number of carboxylic acids is 1. The number of hydrogen-bond donors (Lipinski definition) is 6. The van der Waals surface area contributed by atoms with Crippen molar-refractivity contribution in [2.24, 2.45) is 23.5 Å². The second-order valence-electron chi connectivity index (χ2n) is 27.2. The third-order valence-corrected chi connectivity index (χ3v) is 17.3. The van der Waals surface area contributed by atoms with E-state index in [1.54, 1.807) is 27.7 Å². The third kappa shape index (κ3) is 52.1. The molecule has 0 aromatic rings. The predicted molar refractivity (Wildman–Crippen MR) is 404 cm³/mol. The maximum Gasteiger partial charge on any atom is 0.408 e. The number of hydrogen-bond acceptors (Lipinski definition) is 23. The number of nitrogens with zero attached hydrogens (tertiary/aromatic N) is 6. The second kappa shape index (κ2) is 63.8. The SMILES string of the molecule is CCOC(C)CN(CCN1CCOCC1)C(=O)[C@@H](NC(=O)OC(C)(C)C)[C@@H](C)CC.CCOC(CBr)OCC.CCOC(CNCCN1CCOCC1)OCC.CC[C@H](C)[C@@H]1NCCN(CCN2CCOCC2)C1=O.CC[C@H](C)[C@H](NC(=O)OC(C)(C)C)C(=O)O.NCCN1CCOCC1.[3H][B].[U]. The van der Waals surface area contributed by atoms with Gasteiger partial charge < -0.3 is 94.0 Å². The minimum absolute atomic E-state index is 0. The Hall–Kier alpha value is -2.09. The van der Waals surface area contributed by atoms with Gasteiger partial charge in [-0.3, -0.25) is 29.2 Å². The Balaban J connectivity index is -0.00000121. The van der Waals surface area contributed by atoms with E-state index in [1.807, 2.05) is 92.9 Å². The molecule has 7 atom stereocenters. The molecular weight excluding hydrogens is 1610 g/mol. The first-order valence-corrected chi connectivity index (χ1v) is 38.5. The number of nitrogens with one attached hydrogen (secondary N) is 4. The zero-order valence-corrected chi connectivity index (χ0v) is 72.3. The fraction of sp³-hybridized carbons (Fsp3) is 0.930. The van der Waals surface area contributed by atoms with Crippen LogP contribution in [0.2, 0.25) is 0 Å². The molecule has 0 saturated carbocycles. The van der Waals surface area contributed by atoms with E-state index in [4.69, 9.17) is 64.3 Å². The van der Waals surface area contributed by atoms with Gasteiger partial charge in [0.2, 0.25) is 11.8 Å². The third-order valence-electron chi connectivity index (χ3n) is 16.8. The van der Waals surface area contributed by atoms with Crippen LogP contribution in [0.25, 0.3) is 0 Å². The number of nitrogens with two attached hydrogens (primary N) is 1. The molecule has 5 aliphatic heterocycles. The van der Waals surface area contributed by atoms with Crippen molar-refractivity contribution in [1.82, 2.24) is 50.7 Å². The van der Waals surface area contributed by atoms with Crippen LogP contribution >= 0.6 is 15.9 Å². The van der Waals surface area contributed by atoms with Crippen LogP contribution in [-0.4, -0.2) is 344 Å². The van der Waals surface area contributed by atoms with Gasteiger partial charge in [-0.25, -0.2) is 14.4 Å². The number of piperazine rings is 1. The average molecular weight is 1760 g/mol. The zero-order valence-electron chi connectivity index (χ0n) is 67.6. The quantitative estimate of drug-likeness (QED) is 0.0198. The Bertz CT molecular complexity index is 2040. The van der Waals surface area contributed by atoms with Crippen LogP contribution in [0.15, 0.2) is 0 Å². The number of ether oxygens (including phenoxy) is 11. The van der Waals surface area contributed by atoms with E-state index in [0.29, 0.717) is 58.5 Å². The van der Waals surface area contributed by atoms with Crippen molar-refractivity contribution in [3.63, 3.8) is 0 Å². The molecule has 1 unspecified atom stereocenters. The summed E-state index contributed by atoms with van der Waals surface area (Å²) in [5.74, 6) is -0.578. The number of carbonyl (C=O) groups is 5. The number of halogens is 1. The molecule has 5 saturated heterocycles. The van der Waals surface area contributed by atoms with Gasteiger partial charge in [-0.15, -0.1) is 0 Å². The molecule has 5 aliphatic rings. The number of alkyl carbamates (subject to hydrolysis) is 2. The Morgan fingerprint density at radius 1 is 0.608 bits per heavy atom. The van der Waals surface area contributed by atoms with Crippen molar-refractivity contribution in [2.75, 3.05) is 222 Å². The van der Waals surface area contributed by atoms with Crippen LogP contribution in [0.4, 0.5) is 9.59 Å². The fourth-order valence-electron chi connectivity index (χ4n) is 10.5. The molecule has 2 radical (unpaired) electrons. The van der Waals surface area contributed by atoms with Gasteiger partial charge in [0.1, 0.15) is 23.3 Å². The summed E-state index contributed by atoms with van der Waals surface area (Å²) in [6, 6.07) is -1.52. The molecule has 0 aromatic carbocycles. The Kier molecular flexibility index (Phi) is 63.8. The second-order valence-corrected chi connectivity index (χ2v) is 27.8. The zero-order chi connectivity index (χ0) is 77.3. The van der Waals surface area contributed by atoms with Crippen LogP contribution < -0.4 is 27.0 Å². The molecule has 5 heterocycles. The summed E-state index contributed by atoms with van der Waals surface area (Å²) < 4.78 is 63.8. The van der Waals surface area contributed by atoms with Gasteiger partial charge >= 0.3 is 18.2 Å². The van der Waals surface area contributed by atoms with E-state index >= 15 is 0 Å². The minimum atomic E-state index is -1.04. The van der Waals surface area contributed by atoms with E-state index in [1.165, 1.54) is 0 Å². The molecule has 31 heteroatoms. The van der Waals surface area contributed by atoms with Crippen LogP contribution in [0, 0.1) is 48.9 Å². The molecule has 0 aliphatic carbocycles. The molecule has 7 N–H and O–H groups in total. The van der Waals surface area contributed by atoms with E-state index in [2.05, 4.69) is 79.0 Å². The first-order valence-electron chi connectivity index (χ1n) is 38.0. The van der Waals surface area contributed by atoms with Gasteiger partial charge in [-0.05, 0) is 102 Å². The number of carboxylic acid groups (broad SMARTS) is 1. The molecule has 102 heavy (non-hydrogen) atoms. The number of morpholine rings is 4. The van der Waals surface area contributed by atoms with Gasteiger partial charge in [0, 0.05) is 203 Å². The molecule has 5 rings (SSSR count). The summed E-state index contributed by atoms with van der Waals surface area (Å²) in [7, 11) is 3.75. The number of aliphatic carboxylic acids is 1. The number of amides is 4. The van der Waals surface area contributed by atoms with Gasteiger partial charge in [-0.1, -0.05) is 76.7 Å². The summed E-state index contributed by atoms with van der Waals surface area (Å²) >= 11 is 3.27. The largest absolute Gasteiger partial charge is 0.480 e. The van der Waals surface area contributed by atoms with E-state index in [0.717, 1.165) is 189 Å². The van der Waals surface area contributed by atoms with Crippen molar-refractivity contribution in [1.29, 1.82) is 1.34 Å². The van der Waals surface area contributed by atoms with Crippen LogP contribution in [0.3, 0.4) is 0 Å². The smallest absolute Gasteiger partial charge is 0.408 e. The Morgan fingerprint density at radius 2 is 1.01 bits per heavy atom. The van der Waals surface area contributed by atoms with Gasteiger partial charge in [0.25, 0.3) is 0 Å². The summed E-state index contributed by atoms with van der Waals surface area (Å²) in [4.78, 5) is 73.9. The van der Waals surface area contributed by atoms with Crippen molar-refractivity contribution in [3.8, 4) is 0 Å². The van der Waals surface area contributed by atoms with Crippen LogP contribution in [0.1, 0.15) is 144 Å².